The first-order valence-electron chi connectivity index (χ1n) is 14.7. The molecule has 2 atom stereocenters. The highest BCUT2D eigenvalue weighted by atomic mass is 32.2. The lowest BCUT2D eigenvalue weighted by atomic mass is 10.0. The van der Waals surface area contributed by atoms with E-state index in [2.05, 4.69) is 6.92 Å². The van der Waals surface area contributed by atoms with E-state index in [1.54, 1.807) is 7.11 Å². The van der Waals surface area contributed by atoms with Gasteiger partial charge in [-0.1, -0.05) is 103 Å². The fourth-order valence-corrected chi connectivity index (χ4v) is 5.92. The van der Waals surface area contributed by atoms with Gasteiger partial charge >= 0.3 is 0 Å². The number of phosphoric acid groups is 1. The lowest BCUT2D eigenvalue weighted by molar-refractivity contribution is -0.870. The fraction of sp³-hybridized carbons (Fsp3) is 1.00. The predicted molar refractivity (Wildman–Crippen MR) is 155 cm³/mol. The minimum atomic E-state index is -4.26. The van der Waals surface area contributed by atoms with Gasteiger partial charge in [-0.2, -0.15) is 11.8 Å². The zero-order chi connectivity index (χ0) is 27.0. The molecule has 0 aromatic heterocycles. The topological polar surface area (TPSA) is 67.8 Å². The van der Waals surface area contributed by atoms with Crippen LogP contribution in [-0.4, -0.2) is 70.6 Å². The number of nitrogens with zero attached hydrogens (tertiary/aromatic N) is 1. The molecule has 0 N–H and O–H groups in total. The molecule has 36 heavy (non-hydrogen) atoms. The van der Waals surface area contributed by atoms with E-state index in [0.717, 1.165) is 11.5 Å². The Labute approximate surface area is 228 Å². The van der Waals surface area contributed by atoms with Gasteiger partial charge in [-0.25, -0.2) is 0 Å². The molecule has 0 saturated carbocycles. The molecule has 0 saturated heterocycles. The molecular weight excluding hydrogens is 493 g/mol. The molecule has 0 amide bonds. The fourth-order valence-electron chi connectivity index (χ4n) is 4.04. The van der Waals surface area contributed by atoms with Crippen LogP contribution in [0.3, 0.4) is 0 Å². The highest BCUT2D eigenvalue weighted by molar-refractivity contribution is 7.99. The maximum Gasteiger partial charge on any atom is 0.268 e. The van der Waals surface area contributed by atoms with Crippen LogP contribution in [0.1, 0.15) is 110 Å². The van der Waals surface area contributed by atoms with E-state index in [4.69, 9.17) is 13.8 Å². The van der Waals surface area contributed by atoms with Gasteiger partial charge in [0.2, 0.25) is 0 Å². The summed E-state index contributed by atoms with van der Waals surface area (Å²) in [6.45, 7) is 3.62. The van der Waals surface area contributed by atoms with Crippen molar-refractivity contribution in [2.24, 2.45) is 5.92 Å². The molecule has 0 bridgehead atoms. The van der Waals surface area contributed by atoms with Crippen LogP contribution in [0.4, 0.5) is 0 Å². The second-order valence-corrected chi connectivity index (χ2v) is 13.9. The van der Waals surface area contributed by atoms with Crippen LogP contribution in [-0.2, 0) is 18.3 Å². The van der Waals surface area contributed by atoms with Crippen LogP contribution >= 0.6 is 19.6 Å². The molecule has 0 aliphatic heterocycles. The molecule has 218 valence electrons. The highest BCUT2D eigenvalue weighted by Gasteiger charge is 2.17. The van der Waals surface area contributed by atoms with Gasteiger partial charge in [-0.15, -0.1) is 0 Å². The summed E-state index contributed by atoms with van der Waals surface area (Å²) in [6.07, 6.45) is 22.1. The Morgan fingerprint density at radius 3 is 1.67 bits per heavy atom. The van der Waals surface area contributed by atoms with E-state index in [1.165, 1.54) is 103 Å². The van der Waals surface area contributed by atoms with Crippen molar-refractivity contribution in [2.75, 3.05) is 66.1 Å². The summed E-state index contributed by atoms with van der Waals surface area (Å²) < 4.78 is 28.0. The summed E-state index contributed by atoms with van der Waals surface area (Å²) in [6, 6.07) is 0. The zero-order valence-corrected chi connectivity index (χ0v) is 26.2. The minimum Gasteiger partial charge on any atom is -0.756 e. The molecule has 0 spiro atoms. The SMILES string of the molecule is CCCCCCCCCCCCCCCCCCSCC(COC)COP(=O)([O-])OCC[N+](C)(C)C. The van der Waals surface area contributed by atoms with E-state index < -0.39 is 7.82 Å². The first-order valence-corrected chi connectivity index (χ1v) is 17.3. The smallest absolute Gasteiger partial charge is 0.268 e. The zero-order valence-electron chi connectivity index (χ0n) is 24.5. The van der Waals surface area contributed by atoms with Crippen molar-refractivity contribution in [3.63, 3.8) is 0 Å². The third-order valence-electron chi connectivity index (χ3n) is 6.38. The third-order valence-corrected chi connectivity index (χ3v) is 8.63. The molecule has 0 aromatic carbocycles. The van der Waals surface area contributed by atoms with Gasteiger partial charge in [0.15, 0.2) is 0 Å². The Hall–Kier alpha value is 0.380. The van der Waals surface area contributed by atoms with Crippen LogP contribution in [0.15, 0.2) is 0 Å². The van der Waals surface area contributed by atoms with Gasteiger partial charge in [0.25, 0.3) is 7.82 Å². The molecule has 6 nitrogen and oxygen atoms in total. The summed E-state index contributed by atoms with van der Waals surface area (Å²) in [5, 5.41) is 0. The molecule has 0 fully saturated rings. The molecule has 0 rings (SSSR count). The largest absolute Gasteiger partial charge is 0.756 e. The van der Waals surface area contributed by atoms with Gasteiger partial charge in [0.05, 0.1) is 34.4 Å². The maximum absolute atomic E-state index is 12.0. The maximum atomic E-state index is 12.0. The van der Waals surface area contributed by atoms with Gasteiger partial charge in [0, 0.05) is 18.8 Å². The Morgan fingerprint density at radius 1 is 0.750 bits per heavy atom. The van der Waals surface area contributed by atoms with Crippen molar-refractivity contribution >= 4 is 19.6 Å². The number of hydrogen-bond donors (Lipinski definition) is 0. The Kier molecular flexibility index (Phi) is 24.7. The van der Waals surface area contributed by atoms with Crippen molar-refractivity contribution in [3.8, 4) is 0 Å². The van der Waals surface area contributed by atoms with Crippen molar-refractivity contribution in [1.82, 2.24) is 0 Å². The average Bonchev–Trinajstić information content (AvgIpc) is 2.80. The minimum absolute atomic E-state index is 0.0466. The lowest BCUT2D eigenvalue weighted by Gasteiger charge is -2.28. The van der Waals surface area contributed by atoms with Crippen LogP contribution in [0.25, 0.3) is 0 Å². The number of rotatable bonds is 28. The number of phosphoric ester groups is 1. The third kappa shape index (κ3) is 27.4. The van der Waals surface area contributed by atoms with Gasteiger partial charge in [-0.3, -0.25) is 4.57 Å². The number of unbranched alkanes of at least 4 members (excludes halogenated alkanes) is 15. The summed E-state index contributed by atoms with van der Waals surface area (Å²) in [5.74, 6) is 1.99. The van der Waals surface area contributed by atoms with Crippen molar-refractivity contribution in [3.05, 3.63) is 0 Å². The summed E-state index contributed by atoms with van der Waals surface area (Å²) >= 11 is 1.86. The summed E-state index contributed by atoms with van der Waals surface area (Å²) in [4.78, 5) is 12.0. The molecule has 0 heterocycles. The number of likely N-dealkylation sites (N-methyl/N-ethyl adjacent to an activating group) is 1. The van der Waals surface area contributed by atoms with E-state index in [9.17, 15) is 9.46 Å². The van der Waals surface area contributed by atoms with Crippen LogP contribution in [0.5, 0.6) is 0 Å². The molecule has 0 aliphatic rings. The van der Waals surface area contributed by atoms with Gasteiger partial charge in [-0.05, 0) is 12.2 Å². The number of quaternary nitrogens is 1. The molecule has 0 aromatic rings. The number of ether oxygens (including phenoxy) is 1. The molecule has 0 radical (unpaired) electrons. The quantitative estimate of drug-likeness (QED) is 0.0569. The van der Waals surface area contributed by atoms with E-state index in [-0.39, 0.29) is 19.1 Å². The number of hydrogen-bond acceptors (Lipinski definition) is 6. The van der Waals surface area contributed by atoms with Crippen molar-refractivity contribution in [2.45, 2.75) is 110 Å². The predicted octanol–water partition coefficient (Wildman–Crippen LogP) is 7.45. The Bertz CT molecular complexity index is 519. The van der Waals surface area contributed by atoms with Gasteiger partial charge in [0.1, 0.15) is 13.2 Å². The monoisotopic (exact) mass is 553 g/mol. The standard InChI is InChI=1S/C28H60NO5PS/c1-6-7-8-9-10-11-12-13-14-15-16-17-18-19-20-21-24-36-27-28(25-32-5)26-34-35(30,31)33-23-22-29(2,3)4/h28H,6-27H2,1-5H3. The van der Waals surface area contributed by atoms with E-state index in [0.29, 0.717) is 17.6 Å². The van der Waals surface area contributed by atoms with Crippen LogP contribution in [0, 0.1) is 5.92 Å². The van der Waals surface area contributed by atoms with Crippen LogP contribution < -0.4 is 4.89 Å². The number of methoxy groups -OCH3 is 1. The first-order chi connectivity index (χ1) is 17.2. The highest BCUT2D eigenvalue weighted by Crippen LogP contribution is 2.38. The van der Waals surface area contributed by atoms with Gasteiger partial charge < -0.3 is 23.2 Å². The summed E-state index contributed by atoms with van der Waals surface area (Å²) in [7, 11) is 3.35. The van der Waals surface area contributed by atoms with Crippen molar-refractivity contribution in [1.29, 1.82) is 0 Å². The second-order valence-electron chi connectivity index (χ2n) is 11.3. The first kappa shape index (κ1) is 36.4. The van der Waals surface area contributed by atoms with Crippen LogP contribution in [0.2, 0.25) is 0 Å². The normalized spacial score (nSPS) is 14.7. The lowest BCUT2D eigenvalue weighted by Crippen LogP contribution is -2.37. The molecule has 2 unspecified atom stereocenters. The molecule has 8 heteroatoms. The molecule has 0 aliphatic carbocycles. The summed E-state index contributed by atoms with van der Waals surface area (Å²) in [5.41, 5.74) is 0. The Morgan fingerprint density at radius 2 is 1.22 bits per heavy atom. The number of thioether (sulfide) groups is 1. The average molecular weight is 554 g/mol. The second kappa shape index (κ2) is 24.4. The van der Waals surface area contributed by atoms with E-state index in [1.807, 2.05) is 32.9 Å². The molecular formula is C28H60NO5PS. The van der Waals surface area contributed by atoms with E-state index >= 15 is 0 Å². The van der Waals surface area contributed by atoms with Crippen molar-refractivity contribution < 1.29 is 27.7 Å². The Balaban J connectivity index is 3.59.